The van der Waals surface area contributed by atoms with E-state index in [0.717, 1.165) is 36.2 Å². The van der Waals surface area contributed by atoms with Gasteiger partial charge >= 0.3 is 0 Å². The zero-order chi connectivity index (χ0) is 14.4. The van der Waals surface area contributed by atoms with Crippen molar-refractivity contribution < 1.29 is 9.13 Å². The van der Waals surface area contributed by atoms with Crippen LogP contribution in [0.15, 0.2) is 22.7 Å². The number of rotatable bonds is 7. The molecule has 1 N–H and O–H groups in total. The Morgan fingerprint density at radius 3 is 3.00 bits per heavy atom. The Labute approximate surface area is 128 Å². The summed E-state index contributed by atoms with van der Waals surface area (Å²) in [6.45, 7) is 4.53. The molecule has 5 heteroatoms. The number of nitrogens with zero attached hydrogens (tertiary/aromatic N) is 1. The van der Waals surface area contributed by atoms with E-state index in [1.807, 2.05) is 6.07 Å². The molecule has 0 saturated carbocycles. The summed E-state index contributed by atoms with van der Waals surface area (Å²) in [5.41, 5.74) is 1.11. The van der Waals surface area contributed by atoms with Crippen LogP contribution in [0.4, 0.5) is 4.39 Å². The lowest BCUT2D eigenvalue weighted by molar-refractivity contribution is 0.138. The van der Waals surface area contributed by atoms with Gasteiger partial charge < -0.3 is 10.1 Å². The van der Waals surface area contributed by atoms with Gasteiger partial charge in [-0.15, -0.1) is 0 Å². The summed E-state index contributed by atoms with van der Waals surface area (Å²) in [5.74, 6) is -0.207. The maximum absolute atomic E-state index is 13.1. The summed E-state index contributed by atoms with van der Waals surface area (Å²) in [4.78, 5) is 2.37. The van der Waals surface area contributed by atoms with Gasteiger partial charge in [-0.05, 0) is 37.1 Å². The summed E-state index contributed by atoms with van der Waals surface area (Å²) in [7, 11) is 1.72. The molecule has 1 saturated heterocycles. The van der Waals surface area contributed by atoms with E-state index in [4.69, 9.17) is 4.74 Å². The van der Waals surface area contributed by atoms with Gasteiger partial charge in [0.25, 0.3) is 0 Å². The zero-order valence-electron chi connectivity index (χ0n) is 11.9. The topological polar surface area (TPSA) is 24.5 Å². The van der Waals surface area contributed by atoms with Crippen molar-refractivity contribution in [3.05, 3.63) is 34.1 Å². The standard InChI is InChI=1S/C15H22BrFN2O/c1-20-8-7-19(11-14-3-2-6-18-14)10-12-4-5-13(17)9-15(12)16/h4-5,9,14,18H,2-3,6-8,10-11H2,1H3. The van der Waals surface area contributed by atoms with Gasteiger partial charge in [0.1, 0.15) is 5.82 Å². The summed E-state index contributed by atoms with van der Waals surface area (Å²) in [6, 6.07) is 5.45. The Morgan fingerprint density at radius 1 is 1.50 bits per heavy atom. The first-order chi connectivity index (χ1) is 9.69. The summed E-state index contributed by atoms with van der Waals surface area (Å²) >= 11 is 3.44. The minimum atomic E-state index is -0.207. The van der Waals surface area contributed by atoms with E-state index in [1.165, 1.54) is 25.0 Å². The van der Waals surface area contributed by atoms with E-state index >= 15 is 0 Å². The average Bonchev–Trinajstić information content (AvgIpc) is 2.92. The molecule has 1 unspecified atom stereocenters. The van der Waals surface area contributed by atoms with Crippen molar-refractivity contribution in [2.24, 2.45) is 0 Å². The van der Waals surface area contributed by atoms with Crippen LogP contribution in [0.2, 0.25) is 0 Å². The Bertz CT molecular complexity index is 424. The van der Waals surface area contributed by atoms with E-state index in [0.29, 0.717) is 12.6 Å². The first-order valence-electron chi connectivity index (χ1n) is 7.07. The predicted octanol–water partition coefficient (Wildman–Crippen LogP) is 2.79. The van der Waals surface area contributed by atoms with Crippen LogP contribution in [0.25, 0.3) is 0 Å². The summed E-state index contributed by atoms with van der Waals surface area (Å²) in [5, 5.41) is 3.52. The fourth-order valence-electron chi connectivity index (χ4n) is 2.57. The molecular weight excluding hydrogens is 323 g/mol. The van der Waals surface area contributed by atoms with Crippen LogP contribution in [0.5, 0.6) is 0 Å². The molecule has 1 heterocycles. The van der Waals surface area contributed by atoms with Crippen molar-refractivity contribution in [2.75, 3.05) is 33.4 Å². The molecule has 1 atom stereocenters. The van der Waals surface area contributed by atoms with Crippen LogP contribution in [0, 0.1) is 5.82 Å². The molecule has 1 aliphatic rings. The molecule has 1 aromatic carbocycles. The zero-order valence-corrected chi connectivity index (χ0v) is 13.5. The second-order valence-electron chi connectivity index (χ2n) is 5.26. The van der Waals surface area contributed by atoms with Crippen LogP contribution in [0.3, 0.4) is 0 Å². The van der Waals surface area contributed by atoms with Crippen LogP contribution >= 0.6 is 15.9 Å². The second-order valence-corrected chi connectivity index (χ2v) is 6.11. The molecule has 0 spiro atoms. The molecule has 2 rings (SSSR count). The number of hydrogen-bond donors (Lipinski definition) is 1. The van der Waals surface area contributed by atoms with Gasteiger partial charge in [0.05, 0.1) is 6.61 Å². The van der Waals surface area contributed by atoms with Crippen molar-refractivity contribution in [2.45, 2.75) is 25.4 Å². The van der Waals surface area contributed by atoms with E-state index in [2.05, 4.69) is 26.1 Å². The molecule has 1 aliphatic heterocycles. The van der Waals surface area contributed by atoms with Gasteiger partial charge in [0.15, 0.2) is 0 Å². The van der Waals surface area contributed by atoms with Gasteiger partial charge in [-0.2, -0.15) is 0 Å². The smallest absolute Gasteiger partial charge is 0.124 e. The fraction of sp³-hybridized carbons (Fsp3) is 0.600. The molecule has 1 aromatic rings. The predicted molar refractivity (Wildman–Crippen MR) is 82.3 cm³/mol. The minimum absolute atomic E-state index is 0.207. The Balaban J connectivity index is 1.97. The quantitative estimate of drug-likeness (QED) is 0.823. The van der Waals surface area contributed by atoms with Crippen molar-refractivity contribution in [1.82, 2.24) is 10.2 Å². The molecule has 20 heavy (non-hydrogen) atoms. The number of hydrogen-bond acceptors (Lipinski definition) is 3. The molecule has 3 nitrogen and oxygen atoms in total. The first-order valence-corrected chi connectivity index (χ1v) is 7.87. The van der Waals surface area contributed by atoms with Crippen molar-refractivity contribution in [3.8, 4) is 0 Å². The minimum Gasteiger partial charge on any atom is -0.383 e. The second kappa shape index (κ2) is 8.08. The lowest BCUT2D eigenvalue weighted by atomic mass is 10.1. The fourth-order valence-corrected chi connectivity index (χ4v) is 3.05. The SMILES string of the molecule is COCCN(Cc1ccc(F)cc1Br)CC1CCCN1. The van der Waals surface area contributed by atoms with Crippen LogP contribution in [0.1, 0.15) is 18.4 Å². The highest BCUT2D eigenvalue weighted by atomic mass is 79.9. The highest BCUT2D eigenvalue weighted by molar-refractivity contribution is 9.10. The summed E-state index contributed by atoms with van der Waals surface area (Å²) < 4.78 is 19.2. The van der Waals surface area contributed by atoms with E-state index in [9.17, 15) is 4.39 Å². The Hall–Kier alpha value is -0.490. The molecule has 0 aliphatic carbocycles. The van der Waals surface area contributed by atoms with Crippen molar-refractivity contribution in [3.63, 3.8) is 0 Å². The largest absolute Gasteiger partial charge is 0.383 e. The highest BCUT2D eigenvalue weighted by Crippen LogP contribution is 2.20. The number of methoxy groups -OCH3 is 1. The van der Waals surface area contributed by atoms with Gasteiger partial charge in [-0.1, -0.05) is 22.0 Å². The van der Waals surface area contributed by atoms with E-state index < -0.39 is 0 Å². The third-order valence-electron chi connectivity index (χ3n) is 3.66. The average molecular weight is 345 g/mol. The van der Waals surface area contributed by atoms with Crippen LogP contribution in [-0.2, 0) is 11.3 Å². The number of benzene rings is 1. The lowest BCUT2D eigenvalue weighted by Gasteiger charge is -2.26. The van der Waals surface area contributed by atoms with Crippen molar-refractivity contribution >= 4 is 15.9 Å². The number of halogens is 2. The Kier molecular flexibility index (Phi) is 6.42. The summed E-state index contributed by atoms with van der Waals surface area (Å²) in [6.07, 6.45) is 2.48. The molecule has 1 fully saturated rings. The van der Waals surface area contributed by atoms with Crippen LogP contribution < -0.4 is 5.32 Å². The van der Waals surface area contributed by atoms with Crippen LogP contribution in [-0.4, -0.2) is 44.3 Å². The lowest BCUT2D eigenvalue weighted by Crippen LogP contribution is -2.38. The molecule has 0 amide bonds. The van der Waals surface area contributed by atoms with Gasteiger partial charge in [0, 0.05) is 37.3 Å². The third kappa shape index (κ3) is 4.81. The maximum Gasteiger partial charge on any atom is 0.124 e. The number of ether oxygens (including phenoxy) is 1. The molecule has 0 radical (unpaired) electrons. The van der Waals surface area contributed by atoms with Crippen molar-refractivity contribution in [1.29, 1.82) is 0 Å². The van der Waals surface area contributed by atoms with E-state index in [-0.39, 0.29) is 5.82 Å². The monoisotopic (exact) mass is 344 g/mol. The highest BCUT2D eigenvalue weighted by Gasteiger charge is 2.18. The van der Waals surface area contributed by atoms with Gasteiger partial charge in [-0.25, -0.2) is 4.39 Å². The molecule has 112 valence electrons. The first kappa shape index (κ1) is 15.9. The maximum atomic E-state index is 13.1. The van der Waals surface area contributed by atoms with Gasteiger partial charge in [-0.3, -0.25) is 4.90 Å². The van der Waals surface area contributed by atoms with Gasteiger partial charge in [0.2, 0.25) is 0 Å². The molecule has 0 aromatic heterocycles. The Morgan fingerprint density at radius 2 is 2.35 bits per heavy atom. The number of nitrogens with one attached hydrogen (secondary N) is 1. The molecular formula is C15H22BrFN2O. The molecule has 0 bridgehead atoms. The van der Waals surface area contributed by atoms with E-state index in [1.54, 1.807) is 7.11 Å². The third-order valence-corrected chi connectivity index (χ3v) is 4.40. The normalized spacial score (nSPS) is 18.9.